The summed E-state index contributed by atoms with van der Waals surface area (Å²) >= 11 is 1.29. The number of methoxy groups -OCH3 is 1. The van der Waals surface area contributed by atoms with Crippen LogP contribution in [0.5, 0.6) is 5.75 Å². The number of hydrogen-bond donors (Lipinski definition) is 2. The Morgan fingerprint density at radius 1 is 1.28 bits per heavy atom. The Bertz CT molecular complexity index is 1050. The second-order valence-corrected chi connectivity index (χ2v) is 10.4. The summed E-state index contributed by atoms with van der Waals surface area (Å²) < 4.78 is 5.16. The van der Waals surface area contributed by atoms with Crippen molar-refractivity contribution in [3.63, 3.8) is 0 Å². The maximum absolute atomic E-state index is 13.2. The van der Waals surface area contributed by atoms with Crippen LogP contribution in [0.3, 0.4) is 0 Å². The van der Waals surface area contributed by atoms with Gasteiger partial charge in [-0.05, 0) is 54.9 Å². The van der Waals surface area contributed by atoms with Crippen LogP contribution in [-0.4, -0.2) is 46.9 Å². The molecule has 2 fully saturated rings. The molecule has 1 aromatic carbocycles. The van der Waals surface area contributed by atoms with E-state index in [4.69, 9.17) is 4.74 Å². The topological polar surface area (TPSA) is 101 Å². The Labute approximate surface area is 191 Å². The molecule has 1 spiro atoms. The number of hydrogen-bond acceptors (Lipinski definition) is 6. The lowest BCUT2D eigenvalue weighted by Crippen LogP contribution is -2.54. The summed E-state index contributed by atoms with van der Waals surface area (Å²) in [5, 5.41) is 7.85. The molecule has 1 aliphatic carbocycles. The first-order valence-electron chi connectivity index (χ1n) is 10.6. The number of aromatic nitrogens is 1. The first-order chi connectivity index (χ1) is 15.1. The molecule has 8 nitrogen and oxygen atoms in total. The number of carbonyl (C=O) groups excluding carboxylic acids is 3. The molecule has 2 aliphatic rings. The van der Waals surface area contributed by atoms with Crippen molar-refractivity contribution in [1.29, 1.82) is 0 Å². The molecule has 2 heterocycles. The second kappa shape index (κ2) is 8.20. The van der Waals surface area contributed by atoms with Crippen molar-refractivity contribution < 1.29 is 19.1 Å². The van der Waals surface area contributed by atoms with Crippen molar-refractivity contribution >= 4 is 34.3 Å². The van der Waals surface area contributed by atoms with E-state index in [0.717, 1.165) is 28.3 Å². The van der Waals surface area contributed by atoms with E-state index in [1.165, 1.54) is 11.3 Å². The molecule has 1 saturated carbocycles. The highest BCUT2D eigenvalue weighted by molar-refractivity contribution is 7.14. The average Bonchev–Trinajstić information content (AvgIpc) is 3.25. The number of amides is 4. The standard InChI is InChI=1S/C23H28N4O4S/c1-14-9-22(2,3)13-23(10-14)19(29)27(21(30)26-23)11-18(28)25-20-24-17(12-32-20)15-5-7-16(31-4)8-6-15/h5-8,12,14H,9-11,13H2,1-4H3,(H,26,30)(H,24,25,28). The van der Waals surface area contributed by atoms with Crippen LogP contribution in [0.1, 0.15) is 40.0 Å². The molecule has 170 valence electrons. The van der Waals surface area contributed by atoms with Crippen molar-refractivity contribution in [2.24, 2.45) is 11.3 Å². The van der Waals surface area contributed by atoms with Crippen LogP contribution in [0, 0.1) is 11.3 Å². The fraction of sp³-hybridized carbons (Fsp3) is 0.478. The maximum Gasteiger partial charge on any atom is 0.325 e. The van der Waals surface area contributed by atoms with Crippen LogP contribution in [0.25, 0.3) is 11.3 Å². The van der Waals surface area contributed by atoms with Crippen LogP contribution in [0.2, 0.25) is 0 Å². The zero-order chi connectivity index (χ0) is 23.1. The zero-order valence-electron chi connectivity index (χ0n) is 18.7. The lowest BCUT2D eigenvalue weighted by molar-refractivity contribution is -0.136. The summed E-state index contributed by atoms with van der Waals surface area (Å²) in [5.41, 5.74) is 0.645. The summed E-state index contributed by atoms with van der Waals surface area (Å²) in [5.74, 6) is 0.294. The third-order valence-electron chi connectivity index (χ3n) is 6.06. The summed E-state index contributed by atoms with van der Waals surface area (Å²) in [6.07, 6.45) is 2.17. The predicted molar refractivity (Wildman–Crippen MR) is 123 cm³/mol. The molecule has 1 aliphatic heterocycles. The van der Waals surface area contributed by atoms with Crippen LogP contribution in [0.4, 0.5) is 9.93 Å². The molecule has 2 N–H and O–H groups in total. The minimum Gasteiger partial charge on any atom is -0.497 e. The number of anilines is 1. The van der Waals surface area contributed by atoms with Crippen molar-refractivity contribution in [3.05, 3.63) is 29.6 Å². The molecule has 2 aromatic rings. The maximum atomic E-state index is 13.2. The quantitative estimate of drug-likeness (QED) is 0.665. The van der Waals surface area contributed by atoms with Crippen LogP contribution in [-0.2, 0) is 9.59 Å². The Morgan fingerprint density at radius 3 is 2.66 bits per heavy atom. The lowest BCUT2D eigenvalue weighted by atomic mass is 9.64. The molecule has 2 unspecified atom stereocenters. The number of carbonyl (C=O) groups is 3. The Kier molecular flexibility index (Phi) is 5.70. The highest BCUT2D eigenvalue weighted by Gasteiger charge is 2.56. The van der Waals surface area contributed by atoms with Gasteiger partial charge in [0, 0.05) is 10.9 Å². The summed E-state index contributed by atoms with van der Waals surface area (Å²) in [6.45, 7) is 5.99. The van der Waals surface area contributed by atoms with E-state index in [-0.39, 0.29) is 17.9 Å². The Balaban J connectivity index is 1.42. The zero-order valence-corrected chi connectivity index (χ0v) is 19.5. The number of nitrogens with zero attached hydrogens (tertiary/aromatic N) is 2. The van der Waals surface area contributed by atoms with Crippen molar-refractivity contribution in [2.45, 2.75) is 45.6 Å². The lowest BCUT2D eigenvalue weighted by Gasteiger charge is -2.43. The molecule has 2 atom stereocenters. The number of ether oxygens (including phenoxy) is 1. The Morgan fingerprint density at radius 2 is 2.00 bits per heavy atom. The summed E-state index contributed by atoms with van der Waals surface area (Å²) in [7, 11) is 1.61. The number of urea groups is 1. The van der Waals surface area contributed by atoms with Gasteiger partial charge in [0.15, 0.2) is 5.13 Å². The molecule has 32 heavy (non-hydrogen) atoms. The smallest absolute Gasteiger partial charge is 0.325 e. The van der Waals surface area contributed by atoms with Gasteiger partial charge in [-0.25, -0.2) is 9.78 Å². The molecular formula is C23H28N4O4S. The van der Waals surface area contributed by atoms with Gasteiger partial charge in [-0.3, -0.25) is 14.5 Å². The molecule has 0 bridgehead atoms. The van der Waals surface area contributed by atoms with E-state index >= 15 is 0 Å². The van der Waals surface area contributed by atoms with Crippen LogP contribution >= 0.6 is 11.3 Å². The third-order valence-corrected chi connectivity index (χ3v) is 6.82. The third kappa shape index (κ3) is 4.34. The highest BCUT2D eigenvalue weighted by Crippen LogP contribution is 2.46. The average molecular weight is 457 g/mol. The molecule has 4 rings (SSSR count). The van der Waals surface area contributed by atoms with Gasteiger partial charge < -0.3 is 15.4 Å². The summed E-state index contributed by atoms with van der Waals surface area (Å²) in [4.78, 5) is 43.9. The van der Waals surface area contributed by atoms with E-state index in [1.807, 2.05) is 29.6 Å². The van der Waals surface area contributed by atoms with Gasteiger partial charge >= 0.3 is 6.03 Å². The first-order valence-corrected chi connectivity index (χ1v) is 11.5. The van der Waals surface area contributed by atoms with E-state index in [1.54, 1.807) is 7.11 Å². The fourth-order valence-electron chi connectivity index (χ4n) is 5.18. The van der Waals surface area contributed by atoms with Gasteiger partial charge in [0.1, 0.15) is 17.8 Å². The van der Waals surface area contributed by atoms with E-state index in [2.05, 4.69) is 36.4 Å². The Hall–Kier alpha value is -2.94. The van der Waals surface area contributed by atoms with Gasteiger partial charge in [0.2, 0.25) is 5.91 Å². The van der Waals surface area contributed by atoms with E-state index in [0.29, 0.717) is 23.9 Å². The van der Waals surface area contributed by atoms with Crippen molar-refractivity contribution in [1.82, 2.24) is 15.2 Å². The van der Waals surface area contributed by atoms with Gasteiger partial charge in [-0.1, -0.05) is 20.8 Å². The van der Waals surface area contributed by atoms with Gasteiger partial charge in [0.25, 0.3) is 5.91 Å². The van der Waals surface area contributed by atoms with E-state index in [9.17, 15) is 14.4 Å². The molecule has 1 aromatic heterocycles. The number of rotatable bonds is 5. The SMILES string of the molecule is COc1ccc(-c2csc(NC(=O)CN3C(=O)NC4(CC(C)CC(C)(C)C4)C3=O)n2)cc1. The number of benzene rings is 1. The number of nitrogens with one attached hydrogen (secondary N) is 2. The molecular weight excluding hydrogens is 428 g/mol. The number of imide groups is 1. The summed E-state index contributed by atoms with van der Waals surface area (Å²) in [6, 6.07) is 6.95. The molecule has 1 saturated heterocycles. The minimum atomic E-state index is -0.915. The molecule has 9 heteroatoms. The van der Waals surface area contributed by atoms with Crippen LogP contribution in [0.15, 0.2) is 29.6 Å². The predicted octanol–water partition coefficient (Wildman–Crippen LogP) is 3.89. The van der Waals surface area contributed by atoms with Gasteiger partial charge in [-0.2, -0.15) is 0 Å². The molecule has 4 amide bonds. The van der Waals surface area contributed by atoms with Gasteiger partial charge in [-0.15, -0.1) is 11.3 Å². The normalized spacial score (nSPS) is 24.5. The van der Waals surface area contributed by atoms with Crippen molar-refractivity contribution in [3.8, 4) is 17.0 Å². The van der Waals surface area contributed by atoms with Gasteiger partial charge in [0.05, 0.1) is 12.8 Å². The van der Waals surface area contributed by atoms with E-state index < -0.39 is 17.5 Å². The second-order valence-electron chi connectivity index (χ2n) is 9.57. The minimum absolute atomic E-state index is 0.0579. The fourth-order valence-corrected chi connectivity index (χ4v) is 5.91. The van der Waals surface area contributed by atoms with Crippen LogP contribution < -0.4 is 15.4 Å². The monoisotopic (exact) mass is 456 g/mol. The number of thiazole rings is 1. The largest absolute Gasteiger partial charge is 0.497 e. The highest BCUT2D eigenvalue weighted by atomic mass is 32.1. The van der Waals surface area contributed by atoms with Crippen molar-refractivity contribution in [2.75, 3.05) is 19.0 Å². The molecule has 0 radical (unpaired) electrons. The first kappa shape index (κ1) is 22.3.